The normalized spacial score (nSPS) is 9.69. The van der Waals surface area contributed by atoms with E-state index in [1.807, 2.05) is 0 Å². The van der Waals surface area contributed by atoms with Crippen LogP contribution >= 0.6 is 0 Å². The van der Waals surface area contributed by atoms with Gasteiger partial charge in [-0.15, -0.1) is 0 Å². The van der Waals surface area contributed by atoms with Gasteiger partial charge in [0.15, 0.2) is 0 Å². The first-order chi connectivity index (χ1) is 6.17. The third kappa shape index (κ3) is 2.32. The molecule has 0 saturated carbocycles. The van der Waals surface area contributed by atoms with Gasteiger partial charge < -0.3 is 9.84 Å². The number of hydrogen-bond donors (Lipinski definition) is 1. The lowest BCUT2D eigenvalue weighted by Gasteiger charge is -2.03. The van der Waals surface area contributed by atoms with Crippen LogP contribution in [0.3, 0.4) is 0 Å². The molecule has 0 aliphatic carbocycles. The monoisotopic (exact) mass is 176 g/mol. The number of aliphatic hydroxyl groups is 1. The summed E-state index contributed by atoms with van der Waals surface area (Å²) in [7, 11) is 6.80. The summed E-state index contributed by atoms with van der Waals surface area (Å²) in [6.07, 6.45) is 0. The topological polar surface area (TPSA) is 46.5 Å². The van der Waals surface area contributed by atoms with Crippen molar-refractivity contribution in [2.24, 2.45) is 0 Å². The first-order valence-corrected chi connectivity index (χ1v) is 3.76. The van der Waals surface area contributed by atoms with Gasteiger partial charge in [-0.2, -0.15) is 0 Å². The fraction of sp³-hybridized carbons (Fsp3) is 0.222. The summed E-state index contributed by atoms with van der Waals surface area (Å²) in [5, 5.41) is 8.83. The number of esters is 1. The van der Waals surface area contributed by atoms with Crippen molar-refractivity contribution in [1.82, 2.24) is 0 Å². The van der Waals surface area contributed by atoms with Crippen molar-refractivity contribution in [3.8, 4) is 0 Å². The van der Waals surface area contributed by atoms with Crippen molar-refractivity contribution < 1.29 is 14.6 Å². The number of ether oxygens (including phenoxy) is 1. The Kier molecular flexibility index (Phi) is 3.09. The van der Waals surface area contributed by atoms with Crippen LogP contribution in [0, 0.1) is 0 Å². The Morgan fingerprint density at radius 3 is 2.77 bits per heavy atom. The van der Waals surface area contributed by atoms with Gasteiger partial charge in [-0.1, -0.05) is 17.6 Å². The molecule has 0 unspecified atom stereocenters. The number of hydrogen-bond acceptors (Lipinski definition) is 3. The average Bonchev–Trinajstić information content (AvgIpc) is 2.15. The third-order valence-electron chi connectivity index (χ3n) is 1.62. The maximum atomic E-state index is 11.1. The zero-order valence-corrected chi connectivity index (χ0v) is 7.28. The van der Waals surface area contributed by atoms with E-state index in [1.165, 1.54) is 13.2 Å². The molecule has 0 aromatic heterocycles. The molecule has 0 spiro atoms. The van der Waals surface area contributed by atoms with E-state index in [-0.39, 0.29) is 6.61 Å². The highest BCUT2D eigenvalue weighted by Crippen LogP contribution is 2.04. The molecule has 1 N–H and O–H groups in total. The predicted octanol–water partition coefficient (Wildman–Crippen LogP) is -0.241. The fourth-order valence-corrected chi connectivity index (χ4v) is 1.05. The number of methoxy groups -OCH3 is 1. The highest BCUT2D eigenvalue weighted by atomic mass is 16.5. The van der Waals surface area contributed by atoms with Gasteiger partial charge in [-0.3, -0.25) is 0 Å². The lowest BCUT2D eigenvalue weighted by molar-refractivity contribution is 0.0600. The lowest BCUT2D eigenvalue weighted by Crippen LogP contribution is -2.10. The summed E-state index contributed by atoms with van der Waals surface area (Å²) in [5.74, 6) is -0.456. The molecule has 3 nitrogen and oxygen atoms in total. The molecule has 0 saturated heterocycles. The number of carbonyl (C=O) groups excluding carboxylic acids is 1. The fourth-order valence-electron chi connectivity index (χ4n) is 1.05. The van der Waals surface area contributed by atoms with Crippen LogP contribution in [0.5, 0.6) is 0 Å². The molecule has 1 aromatic carbocycles. The number of rotatable bonds is 2. The molecule has 0 fully saturated rings. The van der Waals surface area contributed by atoms with E-state index in [1.54, 1.807) is 12.1 Å². The Bertz CT molecular complexity index is 323. The summed E-state index contributed by atoms with van der Waals surface area (Å²) in [6, 6.07) is 4.65. The standard InChI is InChI=1S/C9H9BO3/c1-13-9(12)7-2-6(5-11)3-8(10)4-7/h2-4,11H,5H2,1H3. The van der Waals surface area contributed by atoms with Crippen molar-refractivity contribution >= 4 is 19.3 Å². The van der Waals surface area contributed by atoms with E-state index in [0.717, 1.165) is 0 Å². The second-order valence-electron chi connectivity index (χ2n) is 2.61. The van der Waals surface area contributed by atoms with Crippen LogP contribution < -0.4 is 5.46 Å². The molecule has 0 heterocycles. The molecule has 4 heteroatoms. The van der Waals surface area contributed by atoms with Crippen LogP contribution in [0.25, 0.3) is 0 Å². The Morgan fingerprint density at radius 1 is 1.54 bits per heavy atom. The quantitative estimate of drug-likeness (QED) is 0.499. The van der Waals surface area contributed by atoms with Crippen molar-refractivity contribution in [1.29, 1.82) is 0 Å². The third-order valence-corrected chi connectivity index (χ3v) is 1.62. The molecule has 0 atom stereocenters. The first kappa shape index (κ1) is 9.80. The Hall–Kier alpha value is -1.29. The van der Waals surface area contributed by atoms with Gasteiger partial charge in [0, 0.05) is 0 Å². The van der Waals surface area contributed by atoms with Crippen LogP contribution in [-0.2, 0) is 11.3 Å². The molecule has 13 heavy (non-hydrogen) atoms. The smallest absolute Gasteiger partial charge is 0.337 e. The molecule has 1 rings (SSSR count). The van der Waals surface area contributed by atoms with Gasteiger partial charge in [0.2, 0.25) is 0 Å². The zero-order valence-electron chi connectivity index (χ0n) is 7.28. The molecule has 0 bridgehead atoms. The minimum Gasteiger partial charge on any atom is -0.465 e. The maximum absolute atomic E-state index is 11.1. The minimum absolute atomic E-state index is 0.144. The summed E-state index contributed by atoms with van der Waals surface area (Å²) in [5.41, 5.74) is 1.39. The largest absolute Gasteiger partial charge is 0.465 e. The molecule has 2 radical (unpaired) electrons. The highest BCUT2D eigenvalue weighted by molar-refractivity contribution is 6.32. The Balaban J connectivity index is 3.08. The minimum atomic E-state index is -0.456. The maximum Gasteiger partial charge on any atom is 0.337 e. The zero-order chi connectivity index (χ0) is 9.84. The van der Waals surface area contributed by atoms with E-state index >= 15 is 0 Å². The van der Waals surface area contributed by atoms with E-state index in [9.17, 15) is 4.79 Å². The average molecular weight is 176 g/mol. The van der Waals surface area contributed by atoms with Crippen molar-refractivity contribution in [3.63, 3.8) is 0 Å². The number of benzene rings is 1. The predicted molar refractivity (Wildman–Crippen MR) is 49.1 cm³/mol. The number of aliphatic hydroxyl groups excluding tert-OH is 1. The molecule has 0 aliphatic rings. The SMILES string of the molecule is [B]c1cc(CO)cc(C(=O)OC)c1. The van der Waals surface area contributed by atoms with Crippen LogP contribution in [-0.4, -0.2) is 26.0 Å². The molecule has 0 aliphatic heterocycles. The van der Waals surface area contributed by atoms with Gasteiger partial charge in [0.1, 0.15) is 7.85 Å². The van der Waals surface area contributed by atoms with Gasteiger partial charge in [0.05, 0.1) is 19.3 Å². The van der Waals surface area contributed by atoms with E-state index < -0.39 is 5.97 Å². The van der Waals surface area contributed by atoms with Crippen LogP contribution in [0.4, 0.5) is 0 Å². The van der Waals surface area contributed by atoms with Crippen molar-refractivity contribution in [3.05, 3.63) is 29.3 Å². The number of carbonyl (C=O) groups is 1. The molecule has 66 valence electrons. The van der Waals surface area contributed by atoms with Crippen molar-refractivity contribution in [2.75, 3.05) is 7.11 Å². The van der Waals surface area contributed by atoms with E-state index in [4.69, 9.17) is 13.0 Å². The van der Waals surface area contributed by atoms with Gasteiger partial charge >= 0.3 is 5.97 Å². The van der Waals surface area contributed by atoms with Gasteiger partial charge in [-0.25, -0.2) is 4.79 Å². The highest BCUT2D eigenvalue weighted by Gasteiger charge is 2.06. The second kappa shape index (κ2) is 4.09. The Labute approximate surface area is 77.7 Å². The van der Waals surface area contributed by atoms with E-state index in [2.05, 4.69) is 4.74 Å². The Morgan fingerprint density at radius 2 is 2.23 bits per heavy atom. The lowest BCUT2D eigenvalue weighted by atomic mass is 9.92. The molecular weight excluding hydrogens is 167 g/mol. The van der Waals surface area contributed by atoms with Gasteiger partial charge in [-0.05, 0) is 11.6 Å². The van der Waals surface area contributed by atoms with Crippen LogP contribution in [0.1, 0.15) is 15.9 Å². The summed E-state index contributed by atoms with van der Waals surface area (Å²) in [4.78, 5) is 11.1. The first-order valence-electron chi connectivity index (χ1n) is 3.76. The summed E-state index contributed by atoms with van der Waals surface area (Å²) >= 11 is 0. The molecule has 1 aromatic rings. The van der Waals surface area contributed by atoms with Crippen molar-refractivity contribution in [2.45, 2.75) is 6.61 Å². The summed E-state index contributed by atoms with van der Waals surface area (Å²) < 4.78 is 4.51. The molecule has 0 amide bonds. The summed E-state index contributed by atoms with van der Waals surface area (Å²) in [6.45, 7) is -0.144. The van der Waals surface area contributed by atoms with Gasteiger partial charge in [0.25, 0.3) is 0 Å². The molecular formula is C9H9BO3. The van der Waals surface area contributed by atoms with Crippen LogP contribution in [0.15, 0.2) is 18.2 Å². The van der Waals surface area contributed by atoms with E-state index in [0.29, 0.717) is 16.6 Å². The van der Waals surface area contributed by atoms with Crippen LogP contribution in [0.2, 0.25) is 0 Å². The second-order valence-corrected chi connectivity index (χ2v) is 2.61.